The zero-order valence-corrected chi connectivity index (χ0v) is 11.2. The van der Waals surface area contributed by atoms with E-state index in [9.17, 15) is 9.90 Å². The highest BCUT2D eigenvalue weighted by molar-refractivity contribution is 5.92. The quantitative estimate of drug-likeness (QED) is 0.431. The average molecular weight is 280 g/mol. The van der Waals surface area contributed by atoms with Crippen molar-refractivity contribution in [1.82, 2.24) is 19.9 Å². The van der Waals surface area contributed by atoms with E-state index in [1.54, 1.807) is 6.07 Å². The Morgan fingerprint density at radius 2 is 1.76 bits per heavy atom. The van der Waals surface area contributed by atoms with Crippen LogP contribution in [0.5, 0.6) is 5.75 Å². The molecule has 104 valence electrons. The van der Waals surface area contributed by atoms with Crippen molar-refractivity contribution < 1.29 is 5.11 Å². The maximum atomic E-state index is 11.3. The smallest absolute Gasteiger partial charge is 0.323 e. The third kappa shape index (κ3) is 1.80. The van der Waals surface area contributed by atoms with Crippen molar-refractivity contribution in [2.45, 2.75) is 6.92 Å². The lowest BCUT2D eigenvalue weighted by atomic mass is 10.1. The summed E-state index contributed by atoms with van der Waals surface area (Å²) in [5.41, 5.74) is 4.56. The molecule has 4 N–H and O–H groups in total. The number of fused-ring (bicyclic) bond motifs is 2. The first-order chi connectivity index (χ1) is 10.1. The summed E-state index contributed by atoms with van der Waals surface area (Å²) in [5, 5.41) is 9.59. The van der Waals surface area contributed by atoms with Gasteiger partial charge < -0.3 is 20.1 Å². The van der Waals surface area contributed by atoms with Gasteiger partial charge in [-0.2, -0.15) is 0 Å². The second-order valence-corrected chi connectivity index (χ2v) is 5.08. The fraction of sp³-hybridized carbons (Fsp3) is 0.0667. The van der Waals surface area contributed by atoms with Crippen molar-refractivity contribution in [2.75, 3.05) is 0 Å². The van der Waals surface area contributed by atoms with Crippen LogP contribution in [-0.2, 0) is 0 Å². The summed E-state index contributed by atoms with van der Waals surface area (Å²) in [5.74, 6) is 0.990. The molecule has 0 aliphatic carbocycles. The molecular formula is C15H12N4O2. The van der Waals surface area contributed by atoms with Crippen LogP contribution >= 0.6 is 0 Å². The molecule has 2 aromatic carbocycles. The van der Waals surface area contributed by atoms with E-state index in [0.29, 0.717) is 0 Å². The van der Waals surface area contributed by atoms with Gasteiger partial charge in [0, 0.05) is 5.56 Å². The van der Waals surface area contributed by atoms with Crippen LogP contribution in [0.15, 0.2) is 35.1 Å². The number of imidazole rings is 2. The molecule has 0 unspecified atom stereocenters. The van der Waals surface area contributed by atoms with Crippen LogP contribution in [-0.4, -0.2) is 25.0 Å². The van der Waals surface area contributed by atoms with E-state index in [1.165, 1.54) is 0 Å². The Kier molecular flexibility index (Phi) is 2.24. The lowest BCUT2D eigenvalue weighted by molar-refractivity contribution is 0.471. The van der Waals surface area contributed by atoms with Gasteiger partial charge in [-0.1, -0.05) is 0 Å². The largest absolute Gasteiger partial charge is 0.508 e. The number of aromatic nitrogens is 4. The minimum atomic E-state index is -0.230. The van der Waals surface area contributed by atoms with Crippen LogP contribution in [0.2, 0.25) is 0 Å². The molecule has 2 heterocycles. The summed E-state index contributed by atoms with van der Waals surface area (Å²) in [4.78, 5) is 24.5. The van der Waals surface area contributed by atoms with Gasteiger partial charge in [0.05, 0.1) is 22.1 Å². The first-order valence-corrected chi connectivity index (χ1v) is 6.52. The van der Waals surface area contributed by atoms with Crippen LogP contribution in [0.4, 0.5) is 0 Å². The van der Waals surface area contributed by atoms with Gasteiger partial charge in [-0.15, -0.1) is 0 Å². The summed E-state index contributed by atoms with van der Waals surface area (Å²) < 4.78 is 0. The monoisotopic (exact) mass is 280 g/mol. The number of aromatic amines is 3. The second-order valence-electron chi connectivity index (χ2n) is 5.08. The number of nitrogens with zero attached hydrogens (tertiary/aromatic N) is 1. The zero-order valence-electron chi connectivity index (χ0n) is 11.2. The molecule has 0 fully saturated rings. The fourth-order valence-electron chi connectivity index (χ4n) is 2.48. The first-order valence-electron chi connectivity index (χ1n) is 6.52. The van der Waals surface area contributed by atoms with Gasteiger partial charge in [0.25, 0.3) is 0 Å². The number of hydrogen-bond acceptors (Lipinski definition) is 3. The first kappa shape index (κ1) is 11.8. The number of benzene rings is 2. The number of hydrogen-bond donors (Lipinski definition) is 4. The number of nitrogens with one attached hydrogen (secondary N) is 3. The predicted octanol–water partition coefficient (Wildman–Crippen LogP) is 2.41. The molecule has 4 aromatic rings. The number of rotatable bonds is 1. The maximum Gasteiger partial charge on any atom is 0.323 e. The molecule has 0 atom stereocenters. The van der Waals surface area contributed by atoms with Gasteiger partial charge in [0.2, 0.25) is 0 Å². The fourth-order valence-corrected chi connectivity index (χ4v) is 2.48. The highest BCUT2D eigenvalue weighted by Gasteiger charge is 2.09. The Hall–Kier alpha value is -3.02. The van der Waals surface area contributed by atoms with E-state index in [1.807, 2.05) is 31.2 Å². The summed E-state index contributed by atoms with van der Waals surface area (Å²) in [6.45, 7) is 1.84. The number of phenolic OH excluding ortho intramolecular Hbond substituents is 1. The summed E-state index contributed by atoms with van der Waals surface area (Å²) in [6, 6.07) is 9.02. The summed E-state index contributed by atoms with van der Waals surface area (Å²) in [7, 11) is 0. The van der Waals surface area contributed by atoms with E-state index < -0.39 is 0 Å². The molecule has 0 bridgehead atoms. The number of aryl methyl sites for hydroxylation is 1. The van der Waals surface area contributed by atoms with Crippen LogP contribution in [0.25, 0.3) is 33.5 Å². The van der Waals surface area contributed by atoms with E-state index in [-0.39, 0.29) is 11.4 Å². The highest BCUT2D eigenvalue weighted by atomic mass is 16.3. The number of H-pyrrole nitrogens is 3. The van der Waals surface area contributed by atoms with Crippen molar-refractivity contribution in [3.63, 3.8) is 0 Å². The Labute approximate surface area is 118 Å². The minimum Gasteiger partial charge on any atom is -0.508 e. The lowest BCUT2D eigenvalue weighted by Gasteiger charge is -2.00. The van der Waals surface area contributed by atoms with Crippen LogP contribution in [0.1, 0.15) is 5.56 Å². The standard InChI is InChI=1S/C15H12N4O2/c1-7-4-8(2-3-13(7)20)14-16-9-5-11-12(6-10(9)17-14)19-15(21)18-11/h2-6,20H,1H3,(H,16,17)(H2,18,19,21). The third-order valence-corrected chi connectivity index (χ3v) is 3.59. The van der Waals surface area contributed by atoms with Crippen LogP contribution in [0.3, 0.4) is 0 Å². The molecule has 0 aliphatic heterocycles. The molecule has 0 saturated carbocycles. The molecule has 0 radical (unpaired) electrons. The minimum absolute atomic E-state index is 0.230. The number of aromatic hydroxyl groups is 1. The summed E-state index contributed by atoms with van der Waals surface area (Å²) in [6.07, 6.45) is 0. The van der Waals surface area contributed by atoms with Gasteiger partial charge in [-0.05, 0) is 42.8 Å². The van der Waals surface area contributed by atoms with Gasteiger partial charge in [-0.25, -0.2) is 9.78 Å². The van der Waals surface area contributed by atoms with E-state index in [4.69, 9.17) is 0 Å². The lowest BCUT2D eigenvalue weighted by Crippen LogP contribution is -1.99. The highest BCUT2D eigenvalue weighted by Crippen LogP contribution is 2.26. The zero-order chi connectivity index (χ0) is 14.6. The molecule has 4 rings (SSSR count). The van der Waals surface area contributed by atoms with Gasteiger partial charge in [-0.3, -0.25) is 0 Å². The van der Waals surface area contributed by atoms with Gasteiger partial charge in [0.1, 0.15) is 11.6 Å². The SMILES string of the molecule is Cc1cc(-c2nc3cc4[nH]c(=O)[nH]c4cc3[nH]2)ccc1O. The maximum absolute atomic E-state index is 11.3. The second kappa shape index (κ2) is 3.99. The predicted molar refractivity (Wildman–Crippen MR) is 80.4 cm³/mol. The Morgan fingerprint density at radius 3 is 2.52 bits per heavy atom. The molecule has 0 aliphatic rings. The Morgan fingerprint density at radius 1 is 1.00 bits per heavy atom. The van der Waals surface area contributed by atoms with Gasteiger partial charge >= 0.3 is 5.69 Å². The van der Waals surface area contributed by atoms with Crippen molar-refractivity contribution in [2.24, 2.45) is 0 Å². The van der Waals surface area contributed by atoms with E-state index in [0.717, 1.165) is 39.0 Å². The van der Waals surface area contributed by atoms with Crippen molar-refractivity contribution in [3.05, 3.63) is 46.4 Å². The molecule has 0 spiro atoms. The average Bonchev–Trinajstić information content (AvgIpc) is 3.00. The Bertz CT molecular complexity index is 985. The topological polar surface area (TPSA) is 97.6 Å². The Balaban J connectivity index is 1.93. The van der Waals surface area contributed by atoms with Crippen LogP contribution < -0.4 is 5.69 Å². The molecule has 0 amide bonds. The molecule has 2 aromatic heterocycles. The molecule has 6 heteroatoms. The molecule has 21 heavy (non-hydrogen) atoms. The molecule has 6 nitrogen and oxygen atoms in total. The van der Waals surface area contributed by atoms with E-state index >= 15 is 0 Å². The van der Waals surface area contributed by atoms with Crippen LogP contribution in [0, 0.1) is 6.92 Å². The number of phenols is 1. The van der Waals surface area contributed by atoms with E-state index in [2.05, 4.69) is 19.9 Å². The van der Waals surface area contributed by atoms with Gasteiger partial charge in [0.15, 0.2) is 0 Å². The van der Waals surface area contributed by atoms with Crippen molar-refractivity contribution >= 4 is 22.1 Å². The third-order valence-electron chi connectivity index (χ3n) is 3.59. The summed E-state index contributed by atoms with van der Waals surface area (Å²) >= 11 is 0. The normalized spacial score (nSPS) is 11.5. The molecule has 0 saturated heterocycles. The molecular weight excluding hydrogens is 268 g/mol. The van der Waals surface area contributed by atoms with Crippen molar-refractivity contribution in [3.8, 4) is 17.1 Å². The van der Waals surface area contributed by atoms with Crippen molar-refractivity contribution in [1.29, 1.82) is 0 Å².